The zero-order chi connectivity index (χ0) is 13.1. The van der Waals surface area contributed by atoms with Crippen molar-refractivity contribution in [2.45, 2.75) is 6.92 Å². The van der Waals surface area contributed by atoms with Gasteiger partial charge < -0.3 is 5.32 Å². The van der Waals surface area contributed by atoms with Gasteiger partial charge in [-0.15, -0.1) is 0 Å². The zero-order valence-corrected chi connectivity index (χ0v) is 11.7. The molecule has 1 N–H and O–H groups in total. The Morgan fingerprint density at radius 3 is 2.67 bits per heavy atom. The van der Waals surface area contributed by atoms with Crippen molar-refractivity contribution < 1.29 is 9.18 Å². The molecule has 0 aliphatic rings. The van der Waals surface area contributed by atoms with Crippen LogP contribution >= 0.6 is 22.6 Å². The van der Waals surface area contributed by atoms with Crippen LogP contribution < -0.4 is 5.32 Å². The van der Waals surface area contributed by atoms with Crippen LogP contribution in [0.2, 0.25) is 0 Å². The molecule has 0 saturated carbocycles. The molecule has 92 valence electrons. The molecule has 0 radical (unpaired) electrons. The number of pyridine rings is 1. The number of benzene rings is 1. The Labute approximate surface area is 118 Å². The van der Waals surface area contributed by atoms with Gasteiger partial charge in [-0.1, -0.05) is 12.1 Å². The minimum Gasteiger partial charge on any atom is -0.306 e. The van der Waals surface area contributed by atoms with Gasteiger partial charge in [0.1, 0.15) is 11.6 Å². The van der Waals surface area contributed by atoms with Crippen LogP contribution in [-0.2, 0) is 0 Å². The monoisotopic (exact) mass is 356 g/mol. The highest BCUT2D eigenvalue weighted by atomic mass is 127. The maximum absolute atomic E-state index is 13.4. The first kappa shape index (κ1) is 12.9. The van der Waals surface area contributed by atoms with Gasteiger partial charge in [-0.05, 0) is 53.8 Å². The lowest BCUT2D eigenvalue weighted by atomic mass is 10.2. The van der Waals surface area contributed by atoms with Gasteiger partial charge in [0.15, 0.2) is 0 Å². The van der Waals surface area contributed by atoms with E-state index < -0.39 is 11.7 Å². The van der Waals surface area contributed by atoms with Crippen LogP contribution in [0.15, 0.2) is 36.4 Å². The highest BCUT2D eigenvalue weighted by Crippen LogP contribution is 2.14. The Hall–Kier alpha value is -1.50. The summed E-state index contributed by atoms with van der Waals surface area (Å²) < 4.78 is 14.4. The molecule has 0 atom stereocenters. The number of aromatic nitrogens is 1. The van der Waals surface area contributed by atoms with E-state index in [0.717, 1.165) is 9.26 Å². The largest absolute Gasteiger partial charge is 0.306 e. The maximum atomic E-state index is 13.4. The molecular weight excluding hydrogens is 346 g/mol. The molecule has 0 fully saturated rings. The molecular formula is C13H10FIN2O. The molecule has 0 unspecified atom stereocenters. The molecule has 1 aromatic heterocycles. The number of carbonyl (C=O) groups is 1. The van der Waals surface area contributed by atoms with Crippen LogP contribution in [-0.4, -0.2) is 10.9 Å². The molecule has 0 aliphatic carbocycles. The Morgan fingerprint density at radius 2 is 2.00 bits per heavy atom. The van der Waals surface area contributed by atoms with Gasteiger partial charge in [0, 0.05) is 3.57 Å². The van der Waals surface area contributed by atoms with Crippen LogP contribution in [0.3, 0.4) is 0 Å². The predicted octanol–water partition coefficient (Wildman–Crippen LogP) is 3.39. The minimum atomic E-state index is -0.544. The van der Waals surface area contributed by atoms with Crippen molar-refractivity contribution in [3.63, 3.8) is 0 Å². The number of hydrogen-bond donors (Lipinski definition) is 1. The smallest absolute Gasteiger partial charge is 0.259 e. The molecule has 3 nitrogen and oxygen atoms in total. The Morgan fingerprint density at radius 1 is 1.28 bits per heavy atom. The summed E-state index contributed by atoms with van der Waals surface area (Å²) in [6, 6.07) is 9.38. The van der Waals surface area contributed by atoms with Crippen LogP contribution in [0.25, 0.3) is 0 Å². The van der Waals surface area contributed by atoms with E-state index in [9.17, 15) is 9.18 Å². The van der Waals surface area contributed by atoms with E-state index in [1.807, 2.05) is 13.0 Å². The first-order chi connectivity index (χ1) is 8.58. The number of amides is 1. The second kappa shape index (κ2) is 5.43. The third-order valence-electron chi connectivity index (χ3n) is 2.38. The van der Waals surface area contributed by atoms with Gasteiger partial charge >= 0.3 is 0 Å². The lowest BCUT2D eigenvalue weighted by Crippen LogP contribution is -2.14. The van der Waals surface area contributed by atoms with Gasteiger partial charge in [0.2, 0.25) is 0 Å². The van der Waals surface area contributed by atoms with Crippen molar-refractivity contribution >= 4 is 34.3 Å². The Kier molecular flexibility index (Phi) is 3.90. The van der Waals surface area contributed by atoms with E-state index in [0.29, 0.717) is 5.82 Å². The third kappa shape index (κ3) is 2.84. The molecule has 1 amide bonds. The van der Waals surface area contributed by atoms with E-state index >= 15 is 0 Å². The van der Waals surface area contributed by atoms with Crippen molar-refractivity contribution in [3.05, 3.63) is 57.0 Å². The summed E-state index contributed by atoms with van der Waals surface area (Å²) in [6.45, 7) is 1.85. The van der Waals surface area contributed by atoms with E-state index in [2.05, 4.69) is 32.9 Å². The van der Waals surface area contributed by atoms with Gasteiger partial charge in [-0.3, -0.25) is 4.79 Å². The Bertz CT molecular complexity index is 601. The standard InChI is InChI=1S/C13H10FIN2O/c1-8-11(15)6-7-12(16-8)17-13(18)9-4-2-3-5-10(9)14/h2-7H,1H3,(H,16,17,18). The van der Waals surface area contributed by atoms with Crippen molar-refractivity contribution in [2.75, 3.05) is 5.32 Å². The number of halogens is 2. The molecule has 2 aromatic rings. The summed E-state index contributed by atoms with van der Waals surface area (Å²) in [7, 11) is 0. The van der Waals surface area contributed by atoms with Crippen molar-refractivity contribution in [2.24, 2.45) is 0 Å². The fraction of sp³-hybridized carbons (Fsp3) is 0.0769. The normalized spacial score (nSPS) is 10.2. The lowest BCUT2D eigenvalue weighted by molar-refractivity contribution is 0.102. The number of rotatable bonds is 2. The number of nitrogens with one attached hydrogen (secondary N) is 1. The maximum Gasteiger partial charge on any atom is 0.259 e. The van der Waals surface area contributed by atoms with Gasteiger partial charge in [0.25, 0.3) is 5.91 Å². The first-order valence-electron chi connectivity index (χ1n) is 5.27. The molecule has 5 heteroatoms. The van der Waals surface area contributed by atoms with Crippen molar-refractivity contribution in [3.8, 4) is 0 Å². The fourth-order valence-corrected chi connectivity index (χ4v) is 1.74. The average molecular weight is 356 g/mol. The quantitative estimate of drug-likeness (QED) is 0.839. The topological polar surface area (TPSA) is 42.0 Å². The molecule has 18 heavy (non-hydrogen) atoms. The minimum absolute atomic E-state index is 0.00973. The lowest BCUT2D eigenvalue weighted by Gasteiger charge is -2.06. The van der Waals surface area contributed by atoms with Crippen LogP contribution in [0.4, 0.5) is 10.2 Å². The molecule has 0 spiro atoms. The molecule has 0 saturated heterocycles. The first-order valence-corrected chi connectivity index (χ1v) is 6.35. The number of aryl methyl sites for hydroxylation is 1. The summed E-state index contributed by atoms with van der Waals surface area (Å²) in [6.07, 6.45) is 0. The summed E-state index contributed by atoms with van der Waals surface area (Å²) >= 11 is 2.16. The SMILES string of the molecule is Cc1nc(NC(=O)c2ccccc2F)ccc1I. The molecule has 0 bridgehead atoms. The average Bonchev–Trinajstić information content (AvgIpc) is 2.34. The van der Waals surface area contributed by atoms with E-state index in [1.165, 1.54) is 12.1 Å². The van der Waals surface area contributed by atoms with Gasteiger partial charge in [-0.2, -0.15) is 0 Å². The molecule has 1 aromatic carbocycles. The summed E-state index contributed by atoms with van der Waals surface area (Å²) in [4.78, 5) is 16.0. The zero-order valence-electron chi connectivity index (χ0n) is 9.58. The van der Waals surface area contributed by atoms with Crippen molar-refractivity contribution in [1.82, 2.24) is 4.98 Å². The van der Waals surface area contributed by atoms with Crippen LogP contribution in [0.1, 0.15) is 16.1 Å². The number of carbonyl (C=O) groups excluding carboxylic acids is 1. The van der Waals surface area contributed by atoms with Gasteiger partial charge in [0.05, 0.1) is 11.3 Å². The van der Waals surface area contributed by atoms with E-state index in [-0.39, 0.29) is 5.56 Å². The van der Waals surface area contributed by atoms with Crippen molar-refractivity contribution in [1.29, 1.82) is 0 Å². The van der Waals surface area contributed by atoms with Crippen LogP contribution in [0, 0.1) is 16.3 Å². The second-order valence-corrected chi connectivity index (χ2v) is 4.86. The summed E-state index contributed by atoms with van der Waals surface area (Å²) in [5.41, 5.74) is 0.831. The molecule has 0 aliphatic heterocycles. The fourth-order valence-electron chi connectivity index (χ4n) is 1.44. The number of anilines is 1. The predicted molar refractivity (Wildman–Crippen MR) is 76.0 cm³/mol. The number of nitrogens with zero attached hydrogens (tertiary/aromatic N) is 1. The highest BCUT2D eigenvalue weighted by molar-refractivity contribution is 14.1. The Balaban J connectivity index is 2.22. The van der Waals surface area contributed by atoms with E-state index in [1.54, 1.807) is 18.2 Å². The number of hydrogen-bond acceptors (Lipinski definition) is 2. The second-order valence-electron chi connectivity index (χ2n) is 3.70. The summed E-state index contributed by atoms with van der Waals surface area (Å²) in [5.74, 6) is -0.625. The third-order valence-corrected chi connectivity index (χ3v) is 3.52. The van der Waals surface area contributed by atoms with Gasteiger partial charge in [-0.25, -0.2) is 9.37 Å². The highest BCUT2D eigenvalue weighted by Gasteiger charge is 2.11. The summed E-state index contributed by atoms with van der Waals surface area (Å²) in [5, 5.41) is 2.57. The molecule has 2 rings (SSSR count). The molecule has 1 heterocycles. The van der Waals surface area contributed by atoms with E-state index in [4.69, 9.17) is 0 Å². The van der Waals surface area contributed by atoms with Crippen LogP contribution in [0.5, 0.6) is 0 Å².